The maximum atomic E-state index is 13.0. The summed E-state index contributed by atoms with van der Waals surface area (Å²) in [4.78, 5) is 13.6. The van der Waals surface area contributed by atoms with Crippen molar-refractivity contribution in [2.45, 2.75) is 44.8 Å². The third-order valence-electron chi connectivity index (χ3n) is 3.67. The first kappa shape index (κ1) is 13.5. The molecule has 6 heteroatoms. The van der Waals surface area contributed by atoms with E-state index in [4.69, 9.17) is 4.74 Å². The van der Waals surface area contributed by atoms with Crippen LogP contribution in [-0.2, 0) is 4.74 Å². The van der Waals surface area contributed by atoms with Gasteiger partial charge in [-0.15, -0.1) is 0 Å². The van der Waals surface area contributed by atoms with Gasteiger partial charge in [0, 0.05) is 25.6 Å². The number of hydrogen-bond acceptors (Lipinski definition) is 3. The summed E-state index contributed by atoms with van der Waals surface area (Å²) in [5.74, 6) is -0.744. The minimum absolute atomic E-state index is 0.346. The van der Waals surface area contributed by atoms with E-state index in [0.29, 0.717) is 26.1 Å². The van der Waals surface area contributed by atoms with Crippen LogP contribution in [0.1, 0.15) is 27.2 Å². The van der Waals surface area contributed by atoms with Crippen LogP contribution in [0.4, 0.5) is 13.6 Å². The number of hydrogen-bond donors (Lipinski definition) is 1. The van der Waals surface area contributed by atoms with Gasteiger partial charge in [0.2, 0.25) is 6.43 Å². The number of rotatable bonds is 1. The number of amides is 1. The molecule has 2 aliphatic rings. The maximum absolute atomic E-state index is 13.0. The predicted octanol–water partition coefficient (Wildman–Crippen LogP) is 1.85. The summed E-state index contributed by atoms with van der Waals surface area (Å²) in [6.45, 7) is 6.54. The van der Waals surface area contributed by atoms with Gasteiger partial charge < -0.3 is 10.1 Å². The molecule has 104 valence electrons. The first-order valence-electron chi connectivity index (χ1n) is 6.26. The summed E-state index contributed by atoms with van der Waals surface area (Å²) in [5, 5.41) is 2.99. The van der Waals surface area contributed by atoms with E-state index in [2.05, 4.69) is 5.32 Å². The quantitative estimate of drug-likeness (QED) is 0.784. The van der Waals surface area contributed by atoms with Gasteiger partial charge in [-0.1, -0.05) is 0 Å². The fraction of sp³-hybridized carbons (Fsp3) is 0.917. The molecule has 2 aliphatic heterocycles. The van der Waals surface area contributed by atoms with Crippen LogP contribution in [-0.4, -0.2) is 48.2 Å². The van der Waals surface area contributed by atoms with E-state index in [0.717, 1.165) is 0 Å². The Hall–Kier alpha value is -0.910. The topological polar surface area (TPSA) is 41.6 Å². The molecule has 1 unspecified atom stereocenters. The largest absolute Gasteiger partial charge is 0.444 e. The molecule has 1 atom stereocenters. The molecule has 2 saturated heterocycles. The van der Waals surface area contributed by atoms with E-state index in [1.54, 1.807) is 20.8 Å². The van der Waals surface area contributed by atoms with Crippen molar-refractivity contribution in [1.82, 2.24) is 10.2 Å². The Morgan fingerprint density at radius 1 is 1.44 bits per heavy atom. The lowest BCUT2D eigenvalue weighted by Gasteiger charge is -2.49. The molecule has 0 saturated carbocycles. The first-order chi connectivity index (χ1) is 8.26. The van der Waals surface area contributed by atoms with Crippen molar-refractivity contribution in [1.29, 1.82) is 0 Å². The third-order valence-corrected chi connectivity index (χ3v) is 3.67. The minimum atomic E-state index is -2.39. The zero-order chi connectivity index (χ0) is 13.6. The van der Waals surface area contributed by atoms with Crippen molar-refractivity contribution in [3.8, 4) is 0 Å². The Bertz CT molecular complexity index is 337. The van der Waals surface area contributed by atoms with E-state index in [-0.39, 0.29) is 0 Å². The highest BCUT2D eigenvalue weighted by Gasteiger charge is 2.58. The van der Waals surface area contributed by atoms with Crippen molar-refractivity contribution in [2.24, 2.45) is 5.92 Å². The van der Waals surface area contributed by atoms with Crippen LogP contribution >= 0.6 is 0 Å². The summed E-state index contributed by atoms with van der Waals surface area (Å²) in [6.07, 6.45) is -2.52. The van der Waals surface area contributed by atoms with Crippen LogP contribution in [0, 0.1) is 5.92 Å². The highest BCUT2D eigenvalue weighted by molar-refractivity contribution is 5.70. The zero-order valence-electron chi connectivity index (χ0n) is 11.0. The van der Waals surface area contributed by atoms with Crippen molar-refractivity contribution >= 4 is 6.09 Å². The number of carbonyl (C=O) groups excluding carboxylic acids is 1. The molecule has 4 nitrogen and oxygen atoms in total. The number of nitrogens with zero attached hydrogens (tertiary/aromatic N) is 1. The van der Waals surface area contributed by atoms with Gasteiger partial charge in [0.15, 0.2) is 0 Å². The molecule has 0 aromatic heterocycles. The Morgan fingerprint density at radius 3 is 2.44 bits per heavy atom. The molecule has 1 N–H and O–H groups in total. The zero-order valence-corrected chi connectivity index (χ0v) is 11.0. The average Bonchev–Trinajstić information content (AvgIpc) is 2.52. The second-order valence-electron chi connectivity index (χ2n) is 6.07. The lowest BCUT2D eigenvalue weighted by molar-refractivity contribution is -0.0425. The lowest BCUT2D eigenvalue weighted by atomic mass is 9.80. The van der Waals surface area contributed by atoms with Gasteiger partial charge in [-0.05, 0) is 27.2 Å². The second kappa shape index (κ2) is 4.33. The standard InChI is InChI=1S/C12H20F2N2O2/c1-11(2,3)18-10(17)16-5-4-8(9(13)14)12(16)6-15-7-12/h8-9,15H,4-7H2,1-3H3. The van der Waals surface area contributed by atoms with Gasteiger partial charge in [-0.3, -0.25) is 4.90 Å². The molecule has 1 spiro atoms. The van der Waals surface area contributed by atoms with Crippen LogP contribution in [0.25, 0.3) is 0 Å². The van der Waals surface area contributed by atoms with E-state index in [1.807, 2.05) is 0 Å². The molecule has 0 aliphatic carbocycles. The van der Waals surface area contributed by atoms with E-state index < -0.39 is 29.6 Å². The Labute approximate surface area is 106 Å². The number of likely N-dealkylation sites (tertiary alicyclic amines) is 1. The molecule has 2 heterocycles. The van der Waals surface area contributed by atoms with Crippen molar-refractivity contribution in [2.75, 3.05) is 19.6 Å². The van der Waals surface area contributed by atoms with Crippen LogP contribution < -0.4 is 5.32 Å². The number of halogens is 2. The number of nitrogens with one attached hydrogen (secondary N) is 1. The maximum Gasteiger partial charge on any atom is 0.410 e. The smallest absolute Gasteiger partial charge is 0.410 e. The van der Waals surface area contributed by atoms with Crippen LogP contribution in [0.2, 0.25) is 0 Å². The first-order valence-corrected chi connectivity index (χ1v) is 6.26. The molecule has 0 aromatic carbocycles. The van der Waals surface area contributed by atoms with E-state index >= 15 is 0 Å². The van der Waals surface area contributed by atoms with Gasteiger partial charge in [0.25, 0.3) is 0 Å². The minimum Gasteiger partial charge on any atom is -0.444 e. The molecular formula is C12H20F2N2O2. The summed E-state index contributed by atoms with van der Waals surface area (Å²) in [5.41, 5.74) is -1.34. The van der Waals surface area contributed by atoms with Crippen LogP contribution in [0.5, 0.6) is 0 Å². The van der Waals surface area contributed by atoms with Gasteiger partial charge in [-0.2, -0.15) is 0 Å². The second-order valence-corrected chi connectivity index (χ2v) is 6.07. The Balaban J connectivity index is 2.12. The van der Waals surface area contributed by atoms with Crippen LogP contribution in [0.15, 0.2) is 0 Å². The molecule has 2 rings (SSSR count). The van der Waals surface area contributed by atoms with Crippen LogP contribution in [0.3, 0.4) is 0 Å². The molecule has 0 aromatic rings. The van der Waals surface area contributed by atoms with Crippen molar-refractivity contribution in [3.63, 3.8) is 0 Å². The Kier molecular flexibility index (Phi) is 3.25. The normalized spacial score (nSPS) is 26.6. The molecule has 0 radical (unpaired) electrons. The highest BCUT2D eigenvalue weighted by Crippen LogP contribution is 2.42. The van der Waals surface area contributed by atoms with Gasteiger partial charge >= 0.3 is 6.09 Å². The van der Waals surface area contributed by atoms with E-state index in [9.17, 15) is 13.6 Å². The summed E-state index contributed by atoms with van der Waals surface area (Å²) < 4.78 is 31.3. The number of carbonyl (C=O) groups is 1. The summed E-state index contributed by atoms with van der Waals surface area (Å²) in [6, 6.07) is 0. The molecule has 2 fully saturated rings. The van der Waals surface area contributed by atoms with Gasteiger partial charge in [0.1, 0.15) is 5.60 Å². The SMILES string of the molecule is CC(C)(C)OC(=O)N1CCC(C(F)F)C12CNC2. The number of ether oxygens (including phenoxy) is 1. The summed E-state index contributed by atoms with van der Waals surface area (Å²) in [7, 11) is 0. The molecule has 0 bridgehead atoms. The fourth-order valence-corrected chi connectivity index (χ4v) is 2.74. The molecule has 18 heavy (non-hydrogen) atoms. The predicted molar refractivity (Wildman–Crippen MR) is 62.7 cm³/mol. The average molecular weight is 262 g/mol. The molecular weight excluding hydrogens is 242 g/mol. The monoisotopic (exact) mass is 262 g/mol. The Morgan fingerprint density at radius 2 is 2.06 bits per heavy atom. The van der Waals surface area contributed by atoms with E-state index in [1.165, 1.54) is 4.90 Å². The van der Waals surface area contributed by atoms with Crippen molar-refractivity contribution < 1.29 is 18.3 Å². The third kappa shape index (κ3) is 2.18. The molecule has 1 amide bonds. The lowest BCUT2D eigenvalue weighted by Crippen LogP contribution is -2.71. The number of alkyl halides is 2. The fourth-order valence-electron chi connectivity index (χ4n) is 2.74. The highest BCUT2D eigenvalue weighted by atomic mass is 19.3. The van der Waals surface area contributed by atoms with Gasteiger partial charge in [-0.25, -0.2) is 13.6 Å². The van der Waals surface area contributed by atoms with Crippen molar-refractivity contribution in [3.05, 3.63) is 0 Å². The van der Waals surface area contributed by atoms with Gasteiger partial charge in [0.05, 0.1) is 5.54 Å². The summed E-state index contributed by atoms with van der Waals surface area (Å²) >= 11 is 0.